The third kappa shape index (κ3) is 4.17. The summed E-state index contributed by atoms with van der Waals surface area (Å²) in [5.74, 6) is 0.528. The molecule has 0 spiro atoms. The van der Waals surface area contributed by atoms with Crippen molar-refractivity contribution >= 4 is 34.8 Å². The van der Waals surface area contributed by atoms with Crippen LogP contribution >= 0.6 is 11.6 Å². The van der Waals surface area contributed by atoms with Gasteiger partial charge in [-0.05, 0) is 43.2 Å². The Labute approximate surface area is 163 Å². The molecule has 6 nitrogen and oxygen atoms in total. The normalized spacial score (nSPS) is 14.0. The van der Waals surface area contributed by atoms with Gasteiger partial charge in [0.05, 0.1) is 19.2 Å². The number of hydrogen-bond donors (Lipinski definition) is 1. The van der Waals surface area contributed by atoms with Crippen LogP contribution in [-0.2, 0) is 4.79 Å². The quantitative estimate of drug-likeness (QED) is 0.836. The number of anilines is 2. The van der Waals surface area contributed by atoms with Crippen LogP contribution in [0.25, 0.3) is 0 Å². The van der Waals surface area contributed by atoms with E-state index in [1.54, 1.807) is 23.1 Å². The lowest BCUT2D eigenvalue weighted by Gasteiger charge is -2.27. The number of halogens is 1. The Bertz CT molecular complexity index is 869. The minimum Gasteiger partial charge on any atom is -0.493 e. The maximum atomic E-state index is 12.6. The SMILES string of the molecule is COc1cc(C(=O)Nc2cccc(N3CCCCC3=O)c2)cc(Cl)c1OC. The van der Waals surface area contributed by atoms with Crippen LogP contribution in [-0.4, -0.2) is 32.6 Å². The van der Waals surface area contributed by atoms with Gasteiger partial charge in [-0.15, -0.1) is 0 Å². The number of amides is 2. The molecule has 1 aliphatic rings. The molecule has 0 atom stereocenters. The molecule has 7 heteroatoms. The van der Waals surface area contributed by atoms with Crippen LogP contribution in [0, 0.1) is 0 Å². The fourth-order valence-electron chi connectivity index (χ4n) is 3.08. The molecular formula is C20H21ClN2O4. The summed E-state index contributed by atoms with van der Waals surface area (Å²) in [5.41, 5.74) is 1.72. The molecule has 3 rings (SSSR count). The number of nitrogens with one attached hydrogen (secondary N) is 1. The van der Waals surface area contributed by atoms with E-state index in [4.69, 9.17) is 21.1 Å². The van der Waals surface area contributed by atoms with Crippen LogP contribution in [0.2, 0.25) is 5.02 Å². The largest absolute Gasteiger partial charge is 0.493 e. The lowest BCUT2D eigenvalue weighted by molar-refractivity contribution is -0.119. The Morgan fingerprint density at radius 1 is 1.15 bits per heavy atom. The first kappa shape index (κ1) is 19.0. The van der Waals surface area contributed by atoms with Crippen molar-refractivity contribution in [3.63, 3.8) is 0 Å². The average molecular weight is 389 g/mol. The van der Waals surface area contributed by atoms with E-state index in [-0.39, 0.29) is 16.8 Å². The molecule has 1 fully saturated rings. The van der Waals surface area contributed by atoms with E-state index in [0.717, 1.165) is 18.5 Å². The van der Waals surface area contributed by atoms with E-state index in [9.17, 15) is 9.59 Å². The number of rotatable bonds is 5. The molecule has 0 bridgehead atoms. The van der Waals surface area contributed by atoms with Gasteiger partial charge < -0.3 is 19.7 Å². The summed E-state index contributed by atoms with van der Waals surface area (Å²) in [7, 11) is 2.96. The molecule has 2 aromatic carbocycles. The molecule has 1 heterocycles. The second-order valence-electron chi connectivity index (χ2n) is 6.20. The van der Waals surface area contributed by atoms with Gasteiger partial charge in [-0.2, -0.15) is 0 Å². The number of ether oxygens (including phenoxy) is 2. The first-order valence-electron chi connectivity index (χ1n) is 8.67. The Balaban J connectivity index is 1.81. The lowest BCUT2D eigenvalue weighted by atomic mass is 10.1. The minimum absolute atomic E-state index is 0.108. The Kier molecular flexibility index (Phi) is 5.86. The predicted octanol–water partition coefficient (Wildman–Crippen LogP) is 4.13. The monoisotopic (exact) mass is 388 g/mol. The van der Waals surface area contributed by atoms with Crippen LogP contribution in [0.3, 0.4) is 0 Å². The number of benzene rings is 2. The summed E-state index contributed by atoms with van der Waals surface area (Å²) >= 11 is 6.17. The van der Waals surface area contributed by atoms with Gasteiger partial charge in [0.15, 0.2) is 11.5 Å². The summed E-state index contributed by atoms with van der Waals surface area (Å²) in [6, 6.07) is 10.3. The standard InChI is InChI=1S/C20H21ClN2O4/c1-26-17-11-13(10-16(21)19(17)27-2)20(25)22-14-6-5-7-15(12-14)23-9-4-3-8-18(23)24/h5-7,10-12H,3-4,8-9H2,1-2H3,(H,22,25). The van der Waals surface area contributed by atoms with Crippen LogP contribution in [0.15, 0.2) is 36.4 Å². The summed E-state index contributed by atoms with van der Waals surface area (Å²) in [6.07, 6.45) is 2.46. The van der Waals surface area contributed by atoms with Crippen molar-refractivity contribution in [2.24, 2.45) is 0 Å². The van der Waals surface area contributed by atoms with Crippen LogP contribution < -0.4 is 19.7 Å². The predicted molar refractivity (Wildman–Crippen MR) is 105 cm³/mol. The number of carbonyl (C=O) groups is 2. The van der Waals surface area contributed by atoms with E-state index < -0.39 is 0 Å². The van der Waals surface area contributed by atoms with Gasteiger partial charge in [-0.3, -0.25) is 9.59 Å². The molecule has 0 aromatic heterocycles. The van der Waals surface area contributed by atoms with Crippen molar-refractivity contribution in [1.29, 1.82) is 0 Å². The second kappa shape index (κ2) is 8.31. The number of carbonyl (C=O) groups excluding carboxylic acids is 2. The number of methoxy groups -OCH3 is 2. The zero-order chi connectivity index (χ0) is 19.4. The molecule has 2 aromatic rings. The van der Waals surface area contributed by atoms with Crippen molar-refractivity contribution < 1.29 is 19.1 Å². The smallest absolute Gasteiger partial charge is 0.255 e. The van der Waals surface area contributed by atoms with Gasteiger partial charge in [-0.1, -0.05) is 17.7 Å². The molecule has 142 valence electrons. The highest BCUT2D eigenvalue weighted by molar-refractivity contribution is 6.32. The first-order valence-corrected chi connectivity index (χ1v) is 9.04. The zero-order valence-electron chi connectivity index (χ0n) is 15.3. The third-order valence-corrected chi connectivity index (χ3v) is 4.72. The van der Waals surface area contributed by atoms with Gasteiger partial charge in [0, 0.05) is 29.9 Å². The maximum Gasteiger partial charge on any atom is 0.255 e. The topological polar surface area (TPSA) is 67.9 Å². The number of nitrogens with zero attached hydrogens (tertiary/aromatic N) is 1. The summed E-state index contributed by atoms with van der Waals surface area (Å²) in [6.45, 7) is 0.696. The molecule has 27 heavy (non-hydrogen) atoms. The highest BCUT2D eigenvalue weighted by Crippen LogP contribution is 2.36. The fourth-order valence-corrected chi connectivity index (χ4v) is 3.37. The Hall–Kier alpha value is -2.73. The van der Waals surface area contributed by atoms with Crippen LogP contribution in [0.5, 0.6) is 11.5 Å². The van der Waals surface area contributed by atoms with Crippen LogP contribution in [0.4, 0.5) is 11.4 Å². The van der Waals surface area contributed by atoms with Crippen molar-refractivity contribution in [2.45, 2.75) is 19.3 Å². The van der Waals surface area contributed by atoms with Gasteiger partial charge in [0.25, 0.3) is 5.91 Å². The molecule has 0 unspecified atom stereocenters. The first-order chi connectivity index (χ1) is 13.0. The van der Waals surface area contributed by atoms with E-state index in [1.807, 2.05) is 12.1 Å². The fraction of sp³-hybridized carbons (Fsp3) is 0.300. The zero-order valence-corrected chi connectivity index (χ0v) is 16.0. The minimum atomic E-state index is -0.333. The van der Waals surface area contributed by atoms with Gasteiger partial charge in [0.1, 0.15) is 0 Å². The lowest BCUT2D eigenvalue weighted by Crippen LogP contribution is -2.35. The molecule has 2 amide bonds. The number of hydrogen-bond acceptors (Lipinski definition) is 4. The van der Waals surface area contributed by atoms with Crippen LogP contribution in [0.1, 0.15) is 29.6 Å². The van der Waals surface area contributed by atoms with E-state index in [2.05, 4.69) is 5.32 Å². The molecular weight excluding hydrogens is 368 g/mol. The molecule has 0 saturated carbocycles. The summed E-state index contributed by atoms with van der Waals surface area (Å²) in [5, 5.41) is 3.12. The average Bonchev–Trinajstić information content (AvgIpc) is 2.67. The molecule has 0 aliphatic carbocycles. The van der Waals surface area contributed by atoms with Crippen molar-refractivity contribution in [3.8, 4) is 11.5 Å². The van der Waals surface area contributed by atoms with Crippen molar-refractivity contribution in [3.05, 3.63) is 47.0 Å². The maximum absolute atomic E-state index is 12.6. The third-order valence-electron chi connectivity index (χ3n) is 4.43. The molecule has 0 radical (unpaired) electrons. The molecule has 1 N–H and O–H groups in total. The Morgan fingerprint density at radius 3 is 2.67 bits per heavy atom. The molecule has 1 aliphatic heterocycles. The van der Waals surface area contributed by atoms with E-state index in [0.29, 0.717) is 35.7 Å². The summed E-state index contributed by atoms with van der Waals surface area (Å²) < 4.78 is 10.4. The summed E-state index contributed by atoms with van der Waals surface area (Å²) in [4.78, 5) is 26.5. The molecule has 1 saturated heterocycles. The van der Waals surface area contributed by atoms with Gasteiger partial charge >= 0.3 is 0 Å². The Morgan fingerprint density at radius 2 is 1.96 bits per heavy atom. The van der Waals surface area contributed by atoms with Gasteiger partial charge in [-0.25, -0.2) is 0 Å². The number of piperidine rings is 1. The van der Waals surface area contributed by atoms with E-state index >= 15 is 0 Å². The highest BCUT2D eigenvalue weighted by Gasteiger charge is 2.20. The highest BCUT2D eigenvalue weighted by atomic mass is 35.5. The second-order valence-corrected chi connectivity index (χ2v) is 6.61. The van der Waals surface area contributed by atoms with Crippen molar-refractivity contribution in [2.75, 3.05) is 31.0 Å². The van der Waals surface area contributed by atoms with E-state index in [1.165, 1.54) is 20.3 Å². The van der Waals surface area contributed by atoms with Gasteiger partial charge in [0.2, 0.25) is 5.91 Å². The van der Waals surface area contributed by atoms with Crippen molar-refractivity contribution in [1.82, 2.24) is 0 Å².